The van der Waals surface area contributed by atoms with E-state index in [0.29, 0.717) is 23.2 Å². The van der Waals surface area contributed by atoms with E-state index >= 15 is 0 Å². The van der Waals surface area contributed by atoms with Gasteiger partial charge in [0.2, 0.25) is 0 Å². The van der Waals surface area contributed by atoms with Crippen molar-refractivity contribution in [1.29, 1.82) is 0 Å². The highest BCUT2D eigenvalue weighted by Crippen LogP contribution is 2.24. The van der Waals surface area contributed by atoms with Gasteiger partial charge in [0.1, 0.15) is 0 Å². The third-order valence-electron chi connectivity index (χ3n) is 1.96. The van der Waals surface area contributed by atoms with Crippen LogP contribution in [0.3, 0.4) is 0 Å². The fourth-order valence-corrected chi connectivity index (χ4v) is 1.62. The molecule has 0 aromatic rings. The number of hydrogen-bond donors (Lipinski definition) is 3. The average molecular weight is 242 g/mol. The van der Waals surface area contributed by atoms with E-state index in [1.165, 1.54) is 11.2 Å². The van der Waals surface area contributed by atoms with Crippen LogP contribution in [0, 0.1) is 0 Å². The highest BCUT2D eigenvalue weighted by atomic mass is 32.1. The second-order valence-electron chi connectivity index (χ2n) is 3.11. The molecule has 0 unspecified atom stereocenters. The molecule has 2 N–H and O–H groups in total. The van der Waals surface area contributed by atoms with E-state index in [1.807, 2.05) is 0 Å². The molecule has 7 nitrogen and oxygen atoms in total. The Balaban J connectivity index is 2.25. The lowest BCUT2D eigenvalue weighted by Crippen LogP contribution is -2.42. The molecule has 0 bridgehead atoms. The van der Waals surface area contributed by atoms with Crippen LogP contribution in [0.1, 0.15) is 0 Å². The van der Waals surface area contributed by atoms with Crippen molar-refractivity contribution in [3.05, 3.63) is 23.1 Å². The molecule has 1 amide bonds. The van der Waals surface area contributed by atoms with Gasteiger partial charge in [-0.2, -0.15) is 5.01 Å². The first-order valence-corrected chi connectivity index (χ1v) is 4.84. The summed E-state index contributed by atoms with van der Waals surface area (Å²) in [5.41, 5.74) is 3.27. The van der Waals surface area contributed by atoms with Crippen molar-refractivity contribution in [3.63, 3.8) is 0 Å². The van der Waals surface area contributed by atoms with Crippen LogP contribution < -0.4 is 5.53 Å². The largest absolute Gasteiger partial charge is 0.464 e. The zero-order valence-corrected chi connectivity index (χ0v) is 9.31. The molecule has 8 heteroatoms. The van der Waals surface area contributed by atoms with Gasteiger partial charge in [0, 0.05) is 7.11 Å². The topological polar surface area (TPSA) is 77.4 Å². The fraction of sp³-hybridized carbons (Fsp3) is 0.250. The number of thiol groups is 1. The quantitative estimate of drug-likeness (QED) is 0.610. The Morgan fingerprint density at radius 1 is 1.75 bits per heavy atom. The summed E-state index contributed by atoms with van der Waals surface area (Å²) in [7, 11) is 1.56. The number of fused-ring (bicyclic) bond motifs is 1. The van der Waals surface area contributed by atoms with E-state index < -0.39 is 6.09 Å². The Morgan fingerprint density at radius 3 is 3.12 bits per heavy atom. The Labute approximate surface area is 97.0 Å². The zero-order chi connectivity index (χ0) is 11.7. The molecule has 16 heavy (non-hydrogen) atoms. The van der Waals surface area contributed by atoms with Crippen molar-refractivity contribution in [2.24, 2.45) is 4.99 Å². The van der Waals surface area contributed by atoms with Crippen LogP contribution in [0.15, 0.2) is 28.1 Å². The number of aliphatic imine (C=N–C) groups is 1. The molecule has 2 heterocycles. The second kappa shape index (κ2) is 4.16. The standard InChI is InChI=1S/C8H10N4O3S/c1-15-4-5-2-7(16)12-6(9-5)3-11(10-12)8(13)14/h2-3,10,16H,4H2,1H3,(H,13,14). The summed E-state index contributed by atoms with van der Waals surface area (Å²) >= 11 is 4.22. The first-order chi connectivity index (χ1) is 7.61. The van der Waals surface area contributed by atoms with Crippen LogP contribution in [0.5, 0.6) is 0 Å². The van der Waals surface area contributed by atoms with Crippen molar-refractivity contribution in [1.82, 2.24) is 15.6 Å². The van der Waals surface area contributed by atoms with E-state index in [1.54, 1.807) is 13.2 Å². The number of nitrogens with one attached hydrogen (secondary N) is 1. The molecular formula is C8H10N4O3S. The van der Waals surface area contributed by atoms with E-state index in [-0.39, 0.29) is 0 Å². The number of carboxylic acid groups (broad SMARTS) is 1. The van der Waals surface area contributed by atoms with E-state index in [2.05, 4.69) is 23.2 Å². The predicted octanol–water partition coefficient (Wildman–Crippen LogP) is 0.373. The van der Waals surface area contributed by atoms with Crippen LogP contribution in [0.25, 0.3) is 0 Å². The Morgan fingerprint density at radius 2 is 2.50 bits per heavy atom. The summed E-state index contributed by atoms with van der Waals surface area (Å²) in [5, 5.41) is 11.7. The van der Waals surface area contributed by atoms with Gasteiger partial charge >= 0.3 is 6.09 Å². The van der Waals surface area contributed by atoms with Crippen LogP contribution in [0.2, 0.25) is 0 Å². The van der Waals surface area contributed by atoms with E-state index in [4.69, 9.17) is 9.84 Å². The minimum Gasteiger partial charge on any atom is -0.464 e. The summed E-state index contributed by atoms with van der Waals surface area (Å²) in [5.74, 6) is 0.460. The van der Waals surface area contributed by atoms with Crippen molar-refractivity contribution in [2.75, 3.05) is 13.7 Å². The highest BCUT2D eigenvalue weighted by molar-refractivity contribution is 7.84. The smallest absolute Gasteiger partial charge is 0.427 e. The zero-order valence-electron chi connectivity index (χ0n) is 8.41. The van der Waals surface area contributed by atoms with Gasteiger partial charge in [-0.05, 0) is 6.08 Å². The minimum atomic E-state index is -1.12. The third kappa shape index (κ3) is 1.90. The summed E-state index contributed by atoms with van der Waals surface area (Å²) in [6.45, 7) is 0.350. The van der Waals surface area contributed by atoms with Gasteiger partial charge in [-0.3, -0.25) is 0 Å². The van der Waals surface area contributed by atoms with Gasteiger partial charge in [-0.1, -0.05) is 0 Å². The van der Waals surface area contributed by atoms with Gasteiger partial charge in [0.15, 0.2) is 5.82 Å². The lowest BCUT2D eigenvalue weighted by atomic mass is 10.3. The average Bonchev–Trinajstić information content (AvgIpc) is 2.62. The maximum absolute atomic E-state index is 10.7. The molecule has 0 radical (unpaired) electrons. The maximum Gasteiger partial charge on any atom is 0.427 e. The number of carbonyl (C=O) groups is 1. The number of hydrogen-bond acceptors (Lipinski definition) is 6. The SMILES string of the molecule is COCC1=NC2=CN(C(=O)O)NN2C(S)=C1. The molecule has 0 aliphatic carbocycles. The molecule has 0 saturated heterocycles. The molecule has 2 rings (SSSR count). The molecule has 2 aliphatic heterocycles. The number of amides is 1. The summed E-state index contributed by atoms with van der Waals surface area (Å²) < 4.78 is 4.95. The van der Waals surface area contributed by atoms with E-state index in [0.717, 1.165) is 5.01 Å². The Bertz CT molecular complexity index is 418. The number of methoxy groups -OCH3 is 1. The Hall–Kier alpha value is -1.51. The number of nitrogens with zero attached hydrogens (tertiary/aromatic N) is 3. The van der Waals surface area contributed by atoms with Crippen molar-refractivity contribution in [3.8, 4) is 0 Å². The lowest BCUT2D eigenvalue weighted by molar-refractivity contribution is 0.119. The molecule has 0 aromatic carbocycles. The molecule has 86 valence electrons. The van der Waals surface area contributed by atoms with Gasteiger partial charge in [-0.15, -0.1) is 18.2 Å². The fourth-order valence-electron chi connectivity index (χ4n) is 1.32. The van der Waals surface area contributed by atoms with Crippen molar-refractivity contribution < 1.29 is 14.6 Å². The molecule has 0 saturated carbocycles. The van der Waals surface area contributed by atoms with Gasteiger partial charge in [0.05, 0.1) is 23.5 Å². The first kappa shape index (κ1) is 11.0. The van der Waals surface area contributed by atoms with Gasteiger partial charge < -0.3 is 9.84 Å². The number of rotatable bonds is 2. The molecule has 0 fully saturated rings. The minimum absolute atomic E-state index is 0.350. The molecule has 0 atom stereocenters. The normalized spacial score (nSPS) is 19.0. The second-order valence-corrected chi connectivity index (χ2v) is 3.57. The molecule has 0 spiro atoms. The first-order valence-electron chi connectivity index (χ1n) is 4.39. The summed E-state index contributed by atoms with van der Waals surface area (Å²) in [4.78, 5) is 14.9. The number of hydrazine groups is 2. The predicted molar refractivity (Wildman–Crippen MR) is 59.3 cm³/mol. The van der Waals surface area contributed by atoms with Crippen LogP contribution in [-0.2, 0) is 4.74 Å². The highest BCUT2D eigenvalue weighted by Gasteiger charge is 2.28. The monoisotopic (exact) mass is 242 g/mol. The molecular weight excluding hydrogens is 232 g/mol. The third-order valence-corrected chi connectivity index (χ3v) is 2.29. The summed E-state index contributed by atoms with van der Waals surface area (Å²) in [6.07, 6.45) is 1.94. The van der Waals surface area contributed by atoms with Crippen LogP contribution in [-0.4, -0.2) is 40.6 Å². The molecule has 2 aliphatic rings. The molecule has 0 aromatic heterocycles. The van der Waals surface area contributed by atoms with Crippen LogP contribution in [0.4, 0.5) is 4.79 Å². The number of ether oxygens (including phenoxy) is 1. The summed E-state index contributed by atoms with van der Waals surface area (Å²) in [6, 6.07) is 0. The maximum atomic E-state index is 10.7. The van der Waals surface area contributed by atoms with E-state index in [9.17, 15) is 4.79 Å². The van der Waals surface area contributed by atoms with Gasteiger partial charge in [-0.25, -0.2) is 14.8 Å². The van der Waals surface area contributed by atoms with Crippen molar-refractivity contribution >= 4 is 24.4 Å². The van der Waals surface area contributed by atoms with Gasteiger partial charge in [0.25, 0.3) is 0 Å². The lowest BCUT2D eigenvalue weighted by Gasteiger charge is -2.23. The van der Waals surface area contributed by atoms with Crippen LogP contribution >= 0.6 is 12.6 Å². The Kier molecular flexibility index (Phi) is 2.86. The van der Waals surface area contributed by atoms with Crippen molar-refractivity contribution in [2.45, 2.75) is 0 Å².